The van der Waals surface area contributed by atoms with E-state index in [-0.39, 0.29) is 6.17 Å². The summed E-state index contributed by atoms with van der Waals surface area (Å²) in [5.74, 6) is 0.712. The highest BCUT2D eigenvalue weighted by molar-refractivity contribution is 5.74. The van der Waals surface area contributed by atoms with Gasteiger partial charge in [0.15, 0.2) is 6.17 Å². The fourth-order valence-corrected chi connectivity index (χ4v) is 1.76. The first-order chi connectivity index (χ1) is 7.58. The van der Waals surface area contributed by atoms with Gasteiger partial charge in [0.05, 0.1) is 0 Å². The van der Waals surface area contributed by atoms with Gasteiger partial charge in [-0.05, 0) is 17.7 Å². The lowest BCUT2D eigenvalue weighted by Crippen LogP contribution is -2.18. The van der Waals surface area contributed by atoms with Crippen LogP contribution in [0.4, 0.5) is 5.69 Å². The fraction of sp³-hybridized carbons (Fsp3) is 0.417. The lowest BCUT2D eigenvalue weighted by atomic mass is 10.1. The van der Waals surface area contributed by atoms with Crippen LogP contribution in [0.15, 0.2) is 29.3 Å². The Kier molecular flexibility index (Phi) is 2.83. The van der Waals surface area contributed by atoms with Gasteiger partial charge in [0.2, 0.25) is 5.90 Å². The highest BCUT2D eigenvalue weighted by atomic mass is 16.7. The van der Waals surface area contributed by atoms with Crippen molar-refractivity contribution in [1.82, 2.24) is 5.06 Å². The van der Waals surface area contributed by atoms with E-state index in [1.807, 2.05) is 28.1 Å². The molecule has 0 N–H and O–H groups in total. The van der Waals surface area contributed by atoms with Crippen LogP contribution in [0.25, 0.3) is 0 Å². The molecule has 4 heteroatoms. The van der Waals surface area contributed by atoms with E-state index in [1.54, 1.807) is 5.06 Å². The SMILES string of the molecule is CC1=NC(c2ccc(N(C)C)cc2)N(C)O1. The van der Waals surface area contributed by atoms with E-state index in [0.29, 0.717) is 5.90 Å². The number of aliphatic imine (C=N–C) groups is 1. The minimum Gasteiger partial charge on any atom is -0.389 e. The molecule has 1 heterocycles. The van der Waals surface area contributed by atoms with Crippen molar-refractivity contribution in [2.45, 2.75) is 13.1 Å². The summed E-state index contributed by atoms with van der Waals surface area (Å²) in [7, 11) is 5.95. The smallest absolute Gasteiger partial charge is 0.208 e. The van der Waals surface area contributed by atoms with E-state index >= 15 is 0 Å². The van der Waals surface area contributed by atoms with Crippen LogP contribution in [0.3, 0.4) is 0 Å². The third-order valence-corrected chi connectivity index (χ3v) is 2.63. The Morgan fingerprint density at radius 2 is 1.88 bits per heavy atom. The molecule has 0 aliphatic carbocycles. The minimum atomic E-state index is -0.0174. The monoisotopic (exact) mass is 219 g/mol. The molecule has 4 nitrogen and oxygen atoms in total. The van der Waals surface area contributed by atoms with Crippen molar-refractivity contribution < 1.29 is 4.84 Å². The summed E-state index contributed by atoms with van der Waals surface area (Å²) < 4.78 is 0. The Bertz CT molecular complexity index is 397. The molecular formula is C12H17N3O. The van der Waals surface area contributed by atoms with Crippen molar-refractivity contribution >= 4 is 11.6 Å². The standard InChI is InChI=1S/C12H17N3O/c1-9-13-12(15(4)16-9)10-5-7-11(8-6-10)14(2)3/h5-8,12H,1-4H3. The van der Waals surface area contributed by atoms with E-state index < -0.39 is 0 Å². The van der Waals surface area contributed by atoms with Gasteiger partial charge in [0.1, 0.15) is 0 Å². The summed E-state index contributed by atoms with van der Waals surface area (Å²) >= 11 is 0. The van der Waals surface area contributed by atoms with Crippen molar-refractivity contribution in [2.24, 2.45) is 4.99 Å². The van der Waals surface area contributed by atoms with Crippen LogP contribution in [0.5, 0.6) is 0 Å². The van der Waals surface area contributed by atoms with Crippen molar-refractivity contribution in [1.29, 1.82) is 0 Å². The third-order valence-electron chi connectivity index (χ3n) is 2.63. The molecule has 0 radical (unpaired) electrons. The third kappa shape index (κ3) is 2.02. The van der Waals surface area contributed by atoms with Crippen molar-refractivity contribution in [3.05, 3.63) is 29.8 Å². The van der Waals surface area contributed by atoms with Crippen LogP contribution in [-0.4, -0.2) is 32.1 Å². The largest absolute Gasteiger partial charge is 0.389 e. The highest BCUT2D eigenvalue weighted by Crippen LogP contribution is 2.27. The highest BCUT2D eigenvalue weighted by Gasteiger charge is 2.24. The zero-order chi connectivity index (χ0) is 11.7. The van der Waals surface area contributed by atoms with E-state index in [9.17, 15) is 0 Å². The summed E-state index contributed by atoms with van der Waals surface area (Å²) in [6.45, 7) is 1.87. The molecule has 1 aromatic carbocycles. The van der Waals surface area contributed by atoms with Crippen LogP contribution in [0, 0.1) is 0 Å². The molecule has 86 valence electrons. The van der Waals surface area contributed by atoms with Gasteiger partial charge in [-0.3, -0.25) is 0 Å². The molecule has 2 rings (SSSR count). The summed E-state index contributed by atoms with van der Waals surface area (Å²) in [5.41, 5.74) is 2.33. The average molecular weight is 219 g/mol. The maximum Gasteiger partial charge on any atom is 0.208 e. The van der Waals surface area contributed by atoms with E-state index in [2.05, 4.69) is 34.2 Å². The average Bonchev–Trinajstić information content (AvgIpc) is 2.58. The van der Waals surface area contributed by atoms with Gasteiger partial charge >= 0.3 is 0 Å². The molecule has 1 atom stereocenters. The lowest BCUT2D eigenvalue weighted by Gasteiger charge is -2.17. The Morgan fingerprint density at radius 3 is 2.31 bits per heavy atom. The zero-order valence-corrected chi connectivity index (χ0v) is 10.1. The van der Waals surface area contributed by atoms with Gasteiger partial charge in [0, 0.05) is 33.8 Å². The Hall–Kier alpha value is -1.55. The van der Waals surface area contributed by atoms with E-state index in [1.165, 1.54) is 5.69 Å². The summed E-state index contributed by atoms with van der Waals surface area (Å²) in [6, 6.07) is 8.35. The number of hydrogen-bond donors (Lipinski definition) is 0. The van der Waals surface area contributed by atoms with Crippen LogP contribution >= 0.6 is 0 Å². The predicted octanol–water partition coefficient (Wildman–Crippen LogP) is 2.05. The molecule has 1 aliphatic rings. The van der Waals surface area contributed by atoms with Gasteiger partial charge in [-0.2, -0.15) is 0 Å². The molecule has 0 amide bonds. The first kappa shape index (κ1) is 11.0. The fourth-order valence-electron chi connectivity index (χ4n) is 1.76. The normalized spacial score (nSPS) is 20.5. The van der Waals surface area contributed by atoms with Gasteiger partial charge in [-0.25, -0.2) is 4.99 Å². The maximum atomic E-state index is 5.38. The van der Waals surface area contributed by atoms with Gasteiger partial charge in [-0.15, -0.1) is 5.06 Å². The second-order valence-electron chi connectivity index (χ2n) is 4.15. The number of hydrogen-bond acceptors (Lipinski definition) is 4. The topological polar surface area (TPSA) is 28.1 Å². The number of hydroxylamine groups is 2. The van der Waals surface area contributed by atoms with Crippen LogP contribution < -0.4 is 4.90 Å². The lowest BCUT2D eigenvalue weighted by molar-refractivity contribution is -0.0583. The molecule has 0 spiro atoms. The molecule has 0 bridgehead atoms. The molecule has 0 fully saturated rings. The Morgan fingerprint density at radius 1 is 1.25 bits per heavy atom. The second-order valence-corrected chi connectivity index (χ2v) is 4.15. The Balaban J connectivity index is 2.22. The Labute approximate surface area is 96.1 Å². The number of nitrogens with zero attached hydrogens (tertiary/aromatic N) is 3. The molecular weight excluding hydrogens is 202 g/mol. The van der Waals surface area contributed by atoms with Crippen molar-refractivity contribution in [3.63, 3.8) is 0 Å². The quantitative estimate of drug-likeness (QED) is 0.762. The molecule has 1 aliphatic heterocycles. The zero-order valence-electron chi connectivity index (χ0n) is 10.1. The van der Waals surface area contributed by atoms with Gasteiger partial charge < -0.3 is 9.74 Å². The molecule has 0 aromatic heterocycles. The van der Waals surface area contributed by atoms with Gasteiger partial charge in [-0.1, -0.05) is 12.1 Å². The molecule has 1 aromatic rings. The summed E-state index contributed by atoms with van der Waals surface area (Å²) in [5, 5.41) is 1.76. The molecule has 16 heavy (non-hydrogen) atoms. The molecule has 0 saturated carbocycles. The number of benzene rings is 1. The maximum absolute atomic E-state index is 5.38. The molecule has 1 unspecified atom stereocenters. The van der Waals surface area contributed by atoms with Crippen LogP contribution in [0.2, 0.25) is 0 Å². The van der Waals surface area contributed by atoms with Crippen LogP contribution in [0.1, 0.15) is 18.7 Å². The summed E-state index contributed by atoms with van der Waals surface area (Å²) in [6.07, 6.45) is -0.0174. The second kappa shape index (κ2) is 4.14. The minimum absolute atomic E-state index is 0.0174. The first-order valence-corrected chi connectivity index (χ1v) is 5.30. The summed E-state index contributed by atoms with van der Waals surface area (Å²) in [4.78, 5) is 11.9. The van der Waals surface area contributed by atoms with Crippen LogP contribution in [-0.2, 0) is 4.84 Å². The number of anilines is 1. The predicted molar refractivity (Wildman–Crippen MR) is 65.5 cm³/mol. The van der Waals surface area contributed by atoms with Crippen molar-refractivity contribution in [3.8, 4) is 0 Å². The first-order valence-electron chi connectivity index (χ1n) is 5.30. The van der Waals surface area contributed by atoms with E-state index in [0.717, 1.165) is 5.56 Å². The van der Waals surface area contributed by atoms with Crippen molar-refractivity contribution in [2.75, 3.05) is 26.0 Å². The molecule has 0 saturated heterocycles. The number of rotatable bonds is 2. The van der Waals surface area contributed by atoms with E-state index in [4.69, 9.17) is 4.84 Å². The van der Waals surface area contributed by atoms with Gasteiger partial charge in [0.25, 0.3) is 0 Å².